The maximum absolute atomic E-state index is 8.69. The minimum atomic E-state index is 0. The maximum Gasteiger partial charge on any atom is 0.0622 e. The summed E-state index contributed by atoms with van der Waals surface area (Å²) in [5.41, 5.74) is 2.64. The van der Waals surface area contributed by atoms with Crippen molar-refractivity contribution in [2.45, 2.75) is 25.9 Å². The van der Waals surface area contributed by atoms with E-state index >= 15 is 0 Å². The molecule has 0 spiro atoms. The van der Waals surface area contributed by atoms with Crippen molar-refractivity contribution in [2.24, 2.45) is 0 Å². The van der Waals surface area contributed by atoms with E-state index in [2.05, 4.69) is 59.5 Å². The molecule has 21 heavy (non-hydrogen) atoms. The summed E-state index contributed by atoms with van der Waals surface area (Å²) in [6, 6.07) is 23.2. The molecule has 0 aliphatic carbocycles. The lowest BCUT2D eigenvalue weighted by Crippen LogP contribution is -2.24. The van der Waals surface area contributed by atoms with Crippen LogP contribution in [0, 0.1) is 11.3 Å². The zero-order chi connectivity index (χ0) is 14.0. The predicted octanol–water partition coefficient (Wildman–Crippen LogP) is 4.41. The summed E-state index contributed by atoms with van der Waals surface area (Å²) in [6.07, 6.45) is 1.55. The summed E-state index contributed by atoms with van der Waals surface area (Å²) in [5, 5.41) is 8.69. The van der Waals surface area contributed by atoms with Crippen molar-refractivity contribution in [3.8, 4) is 6.07 Å². The normalized spacial score (nSPS) is 9.90. The first-order valence-corrected chi connectivity index (χ1v) is 7.05. The maximum atomic E-state index is 8.69. The zero-order valence-electron chi connectivity index (χ0n) is 12.1. The number of nitrogens with zero attached hydrogens (tertiary/aromatic N) is 2. The minimum Gasteiger partial charge on any atom is -0.295 e. The molecule has 0 atom stereocenters. The summed E-state index contributed by atoms with van der Waals surface area (Å²) >= 11 is 0. The molecule has 0 unspecified atom stereocenters. The molecule has 2 aromatic carbocycles. The van der Waals surface area contributed by atoms with E-state index in [-0.39, 0.29) is 12.4 Å². The molecule has 0 saturated carbocycles. The van der Waals surface area contributed by atoms with E-state index in [1.165, 1.54) is 11.1 Å². The van der Waals surface area contributed by atoms with Crippen molar-refractivity contribution in [1.29, 1.82) is 5.26 Å². The number of rotatable bonds is 7. The molecule has 0 saturated heterocycles. The average molecular weight is 301 g/mol. The largest absolute Gasteiger partial charge is 0.295 e. The first kappa shape index (κ1) is 17.2. The smallest absolute Gasteiger partial charge is 0.0622 e. The lowest BCUT2D eigenvalue weighted by molar-refractivity contribution is 0.254. The first-order chi connectivity index (χ1) is 9.88. The van der Waals surface area contributed by atoms with Gasteiger partial charge in [-0.15, -0.1) is 12.4 Å². The Labute approximate surface area is 133 Å². The van der Waals surface area contributed by atoms with Crippen LogP contribution in [0.4, 0.5) is 0 Å². The van der Waals surface area contributed by atoms with E-state index in [0.29, 0.717) is 6.42 Å². The molecule has 0 fully saturated rings. The fourth-order valence-electron chi connectivity index (χ4n) is 2.28. The molecule has 2 rings (SSSR count). The fourth-order valence-corrected chi connectivity index (χ4v) is 2.28. The summed E-state index contributed by atoms with van der Waals surface area (Å²) < 4.78 is 0. The Balaban J connectivity index is 0.00000220. The van der Waals surface area contributed by atoms with Crippen LogP contribution in [0.5, 0.6) is 0 Å². The second kappa shape index (κ2) is 9.99. The Morgan fingerprint density at radius 1 is 0.810 bits per heavy atom. The van der Waals surface area contributed by atoms with E-state index in [1.54, 1.807) is 0 Å². The number of hydrogen-bond acceptors (Lipinski definition) is 2. The summed E-state index contributed by atoms with van der Waals surface area (Å²) in [4.78, 5) is 2.40. The standard InChI is InChI=1S/C18H20N2.ClH/c19-13-7-8-14-20(15-17-9-3-1-4-10-17)16-18-11-5-2-6-12-18;/h1-6,9-12H,7-8,14-16H2;1H. The third kappa shape index (κ3) is 6.44. The van der Waals surface area contributed by atoms with Crippen LogP contribution in [-0.4, -0.2) is 11.4 Å². The topological polar surface area (TPSA) is 27.0 Å². The number of benzene rings is 2. The Morgan fingerprint density at radius 2 is 1.29 bits per heavy atom. The average Bonchev–Trinajstić information content (AvgIpc) is 2.49. The van der Waals surface area contributed by atoms with Gasteiger partial charge in [0.05, 0.1) is 6.07 Å². The van der Waals surface area contributed by atoms with Gasteiger partial charge in [-0.05, 0) is 24.1 Å². The van der Waals surface area contributed by atoms with Crippen molar-refractivity contribution in [2.75, 3.05) is 6.54 Å². The van der Waals surface area contributed by atoms with Crippen molar-refractivity contribution >= 4 is 12.4 Å². The first-order valence-electron chi connectivity index (χ1n) is 7.05. The van der Waals surface area contributed by atoms with Crippen LogP contribution in [0.15, 0.2) is 60.7 Å². The van der Waals surface area contributed by atoms with Crippen LogP contribution < -0.4 is 0 Å². The van der Waals surface area contributed by atoms with Crippen LogP contribution in [-0.2, 0) is 13.1 Å². The zero-order valence-corrected chi connectivity index (χ0v) is 12.9. The highest BCUT2D eigenvalue weighted by Gasteiger charge is 2.06. The monoisotopic (exact) mass is 300 g/mol. The molecule has 0 aliphatic heterocycles. The van der Waals surface area contributed by atoms with Gasteiger partial charge < -0.3 is 0 Å². The summed E-state index contributed by atoms with van der Waals surface area (Å²) in [6.45, 7) is 2.82. The van der Waals surface area contributed by atoms with E-state index in [1.807, 2.05) is 12.1 Å². The van der Waals surface area contributed by atoms with Crippen LogP contribution >= 0.6 is 12.4 Å². The second-order valence-electron chi connectivity index (χ2n) is 4.94. The molecule has 0 radical (unpaired) electrons. The molecule has 0 amide bonds. The number of hydrogen-bond donors (Lipinski definition) is 0. The lowest BCUT2D eigenvalue weighted by Gasteiger charge is -2.22. The molecule has 2 aromatic rings. The van der Waals surface area contributed by atoms with Crippen molar-refractivity contribution in [3.63, 3.8) is 0 Å². The Bertz CT molecular complexity index is 493. The molecule has 0 bridgehead atoms. The molecule has 110 valence electrons. The number of halogens is 1. The highest BCUT2D eigenvalue weighted by atomic mass is 35.5. The molecule has 2 nitrogen and oxygen atoms in total. The van der Waals surface area contributed by atoms with Gasteiger partial charge in [-0.25, -0.2) is 0 Å². The fraction of sp³-hybridized carbons (Fsp3) is 0.278. The van der Waals surface area contributed by atoms with Gasteiger partial charge in [-0.2, -0.15) is 5.26 Å². The third-order valence-electron chi connectivity index (χ3n) is 3.26. The van der Waals surface area contributed by atoms with E-state index in [9.17, 15) is 0 Å². The summed E-state index contributed by atoms with van der Waals surface area (Å²) in [5.74, 6) is 0. The molecule has 0 aromatic heterocycles. The Hall–Kier alpha value is -1.82. The molecule has 0 heterocycles. The van der Waals surface area contributed by atoms with Crippen molar-refractivity contribution in [1.82, 2.24) is 4.90 Å². The van der Waals surface area contributed by atoms with Gasteiger partial charge in [0.15, 0.2) is 0 Å². The quantitative estimate of drug-likeness (QED) is 0.708. The van der Waals surface area contributed by atoms with Gasteiger partial charge in [0.1, 0.15) is 0 Å². The van der Waals surface area contributed by atoms with Gasteiger partial charge in [0, 0.05) is 19.5 Å². The van der Waals surface area contributed by atoms with Crippen molar-refractivity contribution < 1.29 is 0 Å². The number of unbranched alkanes of at least 4 members (excludes halogenated alkanes) is 1. The predicted molar refractivity (Wildman–Crippen MR) is 89.1 cm³/mol. The highest BCUT2D eigenvalue weighted by Crippen LogP contribution is 2.11. The SMILES string of the molecule is Cl.N#CCCCN(Cc1ccccc1)Cc1ccccc1. The second-order valence-corrected chi connectivity index (χ2v) is 4.94. The van der Waals surface area contributed by atoms with Crippen molar-refractivity contribution in [3.05, 3.63) is 71.8 Å². The molecular formula is C18H21ClN2. The van der Waals surface area contributed by atoms with E-state index in [4.69, 9.17) is 5.26 Å². The van der Waals surface area contributed by atoms with Gasteiger partial charge in [-0.1, -0.05) is 60.7 Å². The molecule has 0 N–H and O–H groups in total. The summed E-state index contributed by atoms with van der Waals surface area (Å²) in [7, 11) is 0. The molecular weight excluding hydrogens is 280 g/mol. The van der Waals surface area contributed by atoms with Crippen LogP contribution in [0.2, 0.25) is 0 Å². The van der Waals surface area contributed by atoms with Gasteiger partial charge in [0.2, 0.25) is 0 Å². The highest BCUT2D eigenvalue weighted by molar-refractivity contribution is 5.85. The Morgan fingerprint density at radius 3 is 1.71 bits per heavy atom. The minimum absolute atomic E-state index is 0. The number of nitriles is 1. The molecule has 0 aliphatic rings. The van der Waals surface area contributed by atoms with Crippen LogP contribution in [0.25, 0.3) is 0 Å². The van der Waals surface area contributed by atoms with Crippen LogP contribution in [0.3, 0.4) is 0 Å². The Kier molecular flexibility index (Phi) is 8.19. The van der Waals surface area contributed by atoms with Crippen LogP contribution in [0.1, 0.15) is 24.0 Å². The van der Waals surface area contributed by atoms with Gasteiger partial charge >= 0.3 is 0 Å². The third-order valence-corrected chi connectivity index (χ3v) is 3.26. The van der Waals surface area contributed by atoms with E-state index < -0.39 is 0 Å². The van der Waals surface area contributed by atoms with Gasteiger partial charge in [0.25, 0.3) is 0 Å². The lowest BCUT2D eigenvalue weighted by atomic mass is 10.1. The van der Waals surface area contributed by atoms with Gasteiger partial charge in [-0.3, -0.25) is 4.90 Å². The van der Waals surface area contributed by atoms with E-state index in [0.717, 1.165) is 26.1 Å². The molecule has 3 heteroatoms.